The van der Waals surface area contributed by atoms with Gasteiger partial charge in [-0.05, 0) is 36.6 Å². The zero-order valence-electron chi connectivity index (χ0n) is 10.7. The molecule has 0 aromatic heterocycles. The molecule has 5 nitrogen and oxygen atoms in total. The summed E-state index contributed by atoms with van der Waals surface area (Å²) in [5.41, 5.74) is 3.11. The van der Waals surface area contributed by atoms with E-state index in [9.17, 15) is 9.59 Å². The van der Waals surface area contributed by atoms with Crippen LogP contribution >= 0.6 is 0 Å². The molecule has 1 unspecified atom stereocenters. The third kappa shape index (κ3) is 2.03. The van der Waals surface area contributed by atoms with E-state index >= 15 is 0 Å². The van der Waals surface area contributed by atoms with Crippen molar-refractivity contribution in [3.8, 4) is 5.75 Å². The van der Waals surface area contributed by atoms with Crippen molar-refractivity contribution in [3.05, 3.63) is 28.8 Å². The van der Waals surface area contributed by atoms with Gasteiger partial charge in [-0.3, -0.25) is 9.59 Å². The second-order valence-electron chi connectivity index (χ2n) is 4.34. The SMILES string of the molecule is COc1ccc(C2CNC(=O)C(=O)N2)c(C)c1C. The number of ether oxygens (including phenoxy) is 1. The van der Waals surface area contributed by atoms with Crippen LogP contribution < -0.4 is 15.4 Å². The maximum absolute atomic E-state index is 11.3. The molecule has 1 aromatic rings. The molecule has 1 saturated heterocycles. The summed E-state index contributed by atoms with van der Waals surface area (Å²) in [6.45, 7) is 4.37. The lowest BCUT2D eigenvalue weighted by molar-refractivity contribution is -0.141. The Kier molecular flexibility index (Phi) is 3.23. The zero-order valence-corrected chi connectivity index (χ0v) is 10.7. The van der Waals surface area contributed by atoms with Gasteiger partial charge in [-0.1, -0.05) is 6.07 Å². The highest BCUT2D eigenvalue weighted by molar-refractivity contribution is 6.35. The fourth-order valence-corrected chi connectivity index (χ4v) is 2.15. The Bertz CT molecular complexity index is 511. The lowest BCUT2D eigenvalue weighted by atomic mass is 9.95. The maximum atomic E-state index is 11.3. The molecule has 2 rings (SSSR count). The first-order valence-corrected chi connectivity index (χ1v) is 5.77. The van der Waals surface area contributed by atoms with Gasteiger partial charge in [0.15, 0.2) is 0 Å². The van der Waals surface area contributed by atoms with Crippen molar-refractivity contribution in [2.75, 3.05) is 13.7 Å². The summed E-state index contributed by atoms with van der Waals surface area (Å²) in [5, 5.41) is 5.27. The Balaban J connectivity index is 2.32. The average Bonchev–Trinajstić information content (AvgIpc) is 2.36. The lowest BCUT2D eigenvalue weighted by Crippen LogP contribution is -2.51. The molecule has 1 heterocycles. The number of benzene rings is 1. The smallest absolute Gasteiger partial charge is 0.309 e. The minimum Gasteiger partial charge on any atom is -0.496 e. The van der Waals surface area contributed by atoms with Crippen molar-refractivity contribution in [1.82, 2.24) is 10.6 Å². The molecule has 0 bridgehead atoms. The summed E-state index contributed by atoms with van der Waals surface area (Å²) in [6.07, 6.45) is 0. The molecule has 1 aliphatic heterocycles. The molecule has 1 fully saturated rings. The summed E-state index contributed by atoms with van der Waals surface area (Å²) in [4.78, 5) is 22.4. The van der Waals surface area contributed by atoms with E-state index in [4.69, 9.17) is 4.74 Å². The summed E-state index contributed by atoms with van der Waals surface area (Å²) in [5.74, 6) is -0.337. The van der Waals surface area contributed by atoms with Crippen molar-refractivity contribution in [1.29, 1.82) is 0 Å². The molecular weight excluding hydrogens is 232 g/mol. The Labute approximate surface area is 106 Å². The normalized spacial score (nSPS) is 19.2. The predicted octanol–water partition coefficient (Wildman–Crippen LogP) is 0.599. The van der Waals surface area contributed by atoms with Crippen LogP contribution in [-0.2, 0) is 9.59 Å². The van der Waals surface area contributed by atoms with Gasteiger partial charge < -0.3 is 15.4 Å². The molecule has 2 amide bonds. The third-order valence-electron chi connectivity index (χ3n) is 3.35. The van der Waals surface area contributed by atoms with Crippen LogP contribution in [0.5, 0.6) is 5.75 Å². The summed E-state index contributed by atoms with van der Waals surface area (Å²) >= 11 is 0. The molecule has 1 aromatic carbocycles. The van der Waals surface area contributed by atoms with Gasteiger partial charge in [0.2, 0.25) is 0 Å². The highest BCUT2D eigenvalue weighted by atomic mass is 16.5. The first kappa shape index (κ1) is 12.4. The number of rotatable bonds is 2. The molecule has 0 saturated carbocycles. The molecule has 1 atom stereocenters. The third-order valence-corrected chi connectivity index (χ3v) is 3.35. The minimum absolute atomic E-state index is 0.181. The van der Waals surface area contributed by atoms with Gasteiger partial charge in [-0.2, -0.15) is 0 Å². The number of hydrogen-bond acceptors (Lipinski definition) is 3. The second-order valence-corrected chi connectivity index (χ2v) is 4.34. The van der Waals surface area contributed by atoms with E-state index in [1.54, 1.807) is 7.11 Å². The molecule has 1 aliphatic rings. The van der Waals surface area contributed by atoms with Gasteiger partial charge in [0.1, 0.15) is 5.75 Å². The summed E-state index contributed by atoms with van der Waals surface area (Å²) in [6, 6.07) is 3.61. The van der Waals surface area contributed by atoms with Crippen LogP contribution in [0.3, 0.4) is 0 Å². The fourth-order valence-electron chi connectivity index (χ4n) is 2.15. The second kappa shape index (κ2) is 4.68. The number of carbonyl (C=O) groups excluding carboxylic acids is 2. The molecule has 2 N–H and O–H groups in total. The van der Waals surface area contributed by atoms with Crippen LogP contribution in [0.1, 0.15) is 22.7 Å². The standard InChI is InChI=1S/C13H16N2O3/c1-7-8(2)11(18-3)5-4-9(7)10-6-14-12(16)13(17)15-10/h4-5,10H,6H2,1-3H3,(H,14,16)(H,15,17). The Hall–Kier alpha value is -2.04. The number of methoxy groups -OCH3 is 1. The van der Waals surface area contributed by atoms with E-state index in [1.807, 2.05) is 26.0 Å². The van der Waals surface area contributed by atoms with E-state index in [-0.39, 0.29) is 6.04 Å². The number of amides is 2. The largest absolute Gasteiger partial charge is 0.496 e. The minimum atomic E-state index is -0.584. The quantitative estimate of drug-likeness (QED) is 0.753. The molecule has 0 spiro atoms. The highest BCUT2D eigenvalue weighted by Gasteiger charge is 2.27. The zero-order chi connectivity index (χ0) is 13.3. The summed E-state index contributed by atoms with van der Waals surface area (Å²) < 4.78 is 5.25. The topological polar surface area (TPSA) is 67.4 Å². The summed E-state index contributed by atoms with van der Waals surface area (Å²) in [7, 11) is 1.63. The van der Waals surface area contributed by atoms with Gasteiger partial charge in [0.05, 0.1) is 13.2 Å². The Morgan fingerprint density at radius 1 is 1.17 bits per heavy atom. The number of piperazine rings is 1. The number of carbonyl (C=O) groups is 2. The maximum Gasteiger partial charge on any atom is 0.309 e. The van der Waals surface area contributed by atoms with Gasteiger partial charge in [-0.25, -0.2) is 0 Å². The van der Waals surface area contributed by atoms with E-state index in [0.29, 0.717) is 6.54 Å². The van der Waals surface area contributed by atoms with E-state index in [2.05, 4.69) is 10.6 Å². The molecule has 5 heteroatoms. The van der Waals surface area contributed by atoms with Crippen molar-refractivity contribution < 1.29 is 14.3 Å². The van der Waals surface area contributed by atoms with E-state index in [1.165, 1.54) is 0 Å². The Morgan fingerprint density at radius 2 is 1.89 bits per heavy atom. The van der Waals surface area contributed by atoms with Crippen LogP contribution in [0, 0.1) is 13.8 Å². The van der Waals surface area contributed by atoms with Crippen molar-refractivity contribution in [3.63, 3.8) is 0 Å². The average molecular weight is 248 g/mol. The molecule has 0 radical (unpaired) electrons. The van der Waals surface area contributed by atoms with Crippen LogP contribution in [0.2, 0.25) is 0 Å². The van der Waals surface area contributed by atoms with Crippen LogP contribution in [0.15, 0.2) is 12.1 Å². The van der Waals surface area contributed by atoms with Crippen LogP contribution in [0.25, 0.3) is 0 Å². The fraction of sp³-hybridized carbons (Fsp3) is 0.385. The molecule has 96 valence electrons. The molecular formula is C13H16N2O3. The van der Waals surface area contributed by atoms with Crippen molar-refractivity contribution >= 4 is 11.8 Å². The van der Waals surface area contributed by atoms with Crippen LogP contribution in [-0.4, -0.2) is 25.5 Å². The molecule has 0 aliphatic carbocycles. The van der Waals surface area contributed by atoms with Crippen LogP contribution in [0.4, 0.5) is 0 Å². The predicted molar refractivity (Wildman–Crippen MR) is 66.4 cm³/mol. The monoisotopic (exact) mass is 248 g/mol. The molecule has 18 heavy (non-hydrogen) atoms. The van der Waals surface area contributed by atoms with Gasteiger partial charge >= 0.3 is 11.8 Å². The van der Waals surface area contributed by atoms with Crippen molar-refractivity contribution in [2.24, 2.45) is 0 Å². The first-order valence-electron chi connectivity index (χ1n) is 5.77. The Morgan fingerprint density at radius 3 is 2.50 bits per heavy atom. The highest BCUT2D eigenvalue weighted by Crippen LogP contribution is 2.28. The number of hydrogen-bond donors (Lipinski definition) is 2. The van der Waals surface area contributed by atoms with Gasteiger partial charge in [0, 0.05) is 6.54 Å². The lowest BCUT2D eigenvalue weighted by Gasteiger charge is -2.26. The van der Waals surface area contributed by atoms with E-state index in [0.717, 1.165) is 22.4 Å². The van der Waals surface area contributed by atoms with E-state index < -0.39 is 11.8 Å². The van der Waals surface area contributed by atoms with Crippen molar-refractivity contribution in [2.45, 2.75) is 19.9 Å². The van der Waals surface area contributed by atoms with Gasteiger partial charge in [-0.15, -0.1) is 0 Å². The first-order chi connectivity index (χ1) is 8.54. The van der Waals surface area contributed by atoms with Gasteiger partial charge in [0.25, 0.3) is 0 Å². The number of nitrogens with one attached hydrogen (secondary N) is 2.